The van der Waals surface area contributed by atoms with Gasteiger partial charge in [0.2, 0.25) is 5.88 Å². The molecule has 1 atom stereocenters. The number of amides is 1. The maximum atomic E-state index is 12.5. The lowest BCUT2D eigenvalue weighted by atomic mass is 10.1. The molecule has 1 amide bonds. The smallest absolute Gasteiger partial charge is 0.325 e. The predicted molar refractivity (Wildman–Crippen MR) is 96.6 cm³/mol. The fraction of sp³-hybridized carbons (Fsp3) is 0.421. The zero-order chi connectivity index (χ0) is 19.2. The van der Waals surface area contributed by atoms with Crippen LogP contribution < -0.4 is 4.74 Å². The van der Waals surface area contributed by atoms with Crippen molar-refractivity contribution >= 4 is 11.9 Å². The lowest BCUT2D eigenvalue weighted by molar-refractivity contribution is -0.143. The number of furan rings is 1. The zero-order valence-corrected chi connectivity index (χ0v) is 15.2. The first-order valence-electron chi connectivity index (χ1n) is 8.99. The summed E-state index contributed by atoms with van der Waals surface area (Å²) in [5.74, 6) is -0.510. The van der Waals surface area contributed by atoms with E-state index in [0.29, 0.717) is 56.4 Å². The molecular formula is C19H23N3O5. The number of carbonyl (C=O) groups is 2. The number of ether oxygens (including phenoxy) is 1. The number of carboxylic acids is 1. The summed E-state index contributed by atoms with van der Waals surface area (Å²) in [6, 6.07) is 5.87. The Bertz CT molecular complexity index is 777. The molecule has 3 rings (SSSR count). The summed E-state index contributed by atoms with van der Waals surface area (Å²) >= 11 is 0. The van der Waals surface area contributed by atoms with Crippen molar-refractivity contribution < 1.29 is 23.8 Å². The summed E-state index contributed by atoms with van der Waals surface area (Å²) in [6.45, 7) is 4.20. The molecule has 1 fully saturated rings. The first kappa shape index (κ1) is 18.9. The van der Waals surface area contributed by atoms with Gasteiger partial charge in [0.25, 0.3) is 5.91 Å². The fourth-order valence-corrected chi connectivity index (χ4v) is 3.31. The highest BCUT2D eigenvalue weighted by molar-refractivity contribution is 5.91. The largest absolute Gasteiger partial charge is 0.480 e. The fourth-order valence-electron chi connectivity index (χ4n) is 3.31. The van der Waals surface area contributed by atoms with Crippen LogP contribution >= 0.6 is 0 Å². The maximum absolute atomic E-state index is 12.5. The van der Waals surface area contributed by atoms with E-state index in [1.807, 2.05) is 11.8 Å². The van der Waals surface area contributed by atoms with Crippen LogP contribution in [-0.4, -0.2) is 64.6 Å². The monoisotopic (exact) mass is 373 g/mol. The molecule has 0 aromatic carbocycles. The Balaban J connectivity index is 1.78. The van der Waals surface area contributed by atoms with Crippen molar-refractivity contribution in [3.63, 3.8) is 0 Å². The summed E-state index contributed by atoms with van der Waals surface area (Å²) in [6.07, 6.45) is 3.72. The minimum atomic E-state index is -0.963. The van der Waals surface area contributed by atoms with Gasteiger partial charge in [-0.2, -0.15) is 0 Å². The second-order valence-corrected chi connectivity index (χ2v) is 6.23. The Hall–Kier alpha value is -2.87. The summed E-state index contributed by atoms with van der Waals surface area (Å²) < 4.78 is 10.7. The van der Waals surface area contributed by atoms with Gasteiger partial charge < -0.3 is 19.2 Å². The first-order valence-corrected chi connectivity index (χ1v) is 8.99. The zero-order valence-electron chi connectivity index (χ0n) is 15.2. The Labute approximate surface area is 157 Å². The molecule has 0 saturated carbocycles. The van der Waals surface area contributed by atoms with Crippen LogP contribution in [0, 0.1) is 0 Å². The molecule has 1 aliphatic heterocycles. The highest BCUT2D eigenvalue weighted by Crippen LogP contribution is 2.29. The molecule has 1 N–H and O–H groups in total. The maximum Gasteiger partial charge on any atom is 0.325 e. The standard InChI is InChI=1S/C19H23N3O5/c1-2-26-17-14(6-3-8-20-17)16(19(24)25)21-9-5-10-22(12-11-21)18(23)15-7-4-13-27-15/h3-4,6-8,13,16H,2,5,9-12H2,1H3,(H,24,25)/t16-/m0/s1. The van der Waals surface area contributed by atoms with Crippen LogP contribution in [0.15, 0.2) is 41.1 Å². The van der Waals surface area contributed by atoms with Gasteiger partial charge in [0.15, 0.2) is 5.76 Å². The van der Waals surface area contributed by atoms with Crippen molar-refractivity contribution in [2.75, 3.05) is 32.8 Å². The number of hydrogen-bond acceptors (Lipinski definition) is 6. The van der Waals surface area contributed by atoms with Gasteiger partial charge in [0.1, 0.15) is 6.04 Å². The number of pyridine rings is 1. The SMILES string of the molecule is CCOc1ncccc1[C@@H](C(=O)O)N1CCCN(C(=O)c2ccco2)CC1. The normalized spacial score (nSPS) is 16.6. The van der Waals surface area contributed by atoms with Crippen LogP contribution in [0.4, 0.5) is 0 Å². The number of carbonyl (C=O) groups excluding carboxylic acids is 1. The van der Waals surface area contributed by atoms with Crippen LogP contribution in [0.1, 0.15) is 35.5 Å². The molecule has 144 valence electrons. The van der Waals surface area contributed by atoms with Gasteiger partial charge in [-0.15, -0.1) is 0 Å². The molecule has 0 radical (unpaired) electrons. The number of carboxylic acid groups (broad SMARTS) is 1. The highest BCUT2D eigenvalue weighted by atomic mass is 16.5. The van der Waals surface area contributed by atoms with Crippen molar-refractivity contribution in [2.45, 2.75) is 19.4 Å². The Kier molecular flexibility index (Phi) is 6.08. The molecular weight excluding hydrogens is 350 g/mol. The van der Waals surface area contributed by atoms with Crippen LogP contribution in [0.3, 0.4) is 0 Å². The number of rotatable bonds is 6. The lowest BCUT2D eigenvalue weighted by Crippen LogP contribution is -2.38. The first-order chi connectivity index (χ1) is 13.1. The molecule has 1 saturated heterocycles. The highest BCUT2D eigenvalue weighted by Gasteiger charge is 2.33. The van der Waals surface area contributed by atoms with Gasteiger partial charge in [-0.1, -0.05) is 0 Å². The molecule has 0 spiro atoms. The van der Waals surface area contributed by atoms with Gasteiger partial charge in [0.05, 0.1) is 12.9 Å². The molecule has 0 aliphatic carbocycles. The van der Waals surface area contributed by atoms with E-state index >= 15 is 0 Å². The Morgan fingerprint density at radius 1 is 1.26 bits per heavy atom. The molecule has 27 heavy (non-hydrogen) atoms. The lowest BCUT2D eigenvalue weighted by Gasteiger charge is -2.28. The number of nitrogens with zero attached hydrogens (tertiary/aromatic N) is 3. The molecule has 3 heterocycles. The van der Waals surface area contributed by atoms with Gasteiger partial charge >= 0.3 is 5.97 Å². The minimum Gasteiger partial charge on any atom is -0.480 e. The van der Waals surface area contributed by atoms with Gasteiger partial charge in [0, 0.05) is 37.9 Å². The topological polar surface area (TPSA) is 96.1 Å². The van der Waals surface area contributed by atoms with Crippen LogP contribution in [0.25, 0.3) is 0 Å². The Morgan fingerprint density at radius 2 is 2.11 bits per heavy atom. The average Bonchev–Trinajstić information content (AvgIpc) is 3.09. The summed E-state index contributed by atoms with van der Waals surface area (Å²) in [7, 11) is 0. The van der Waals surface area contributed by atoms with E-state index in [-0.39, 0.29) is 5.91 Å². The second kappa shape index (κ2) is 8.68. The van der Waals surface area contributed by atoms with Gasteiger partial charge in [-0.3, -0.25) is 14.5 Å². The van der Waals surface area contributed by atoms with E-state index in [4.69, 9.17) is 9.15 Å². The third-order valence-electron chi connectivity index (χ3n) is 4.52. The summed E-state index contributed by atoms with van der Waals surface area (Å²) in [4.78, 5) is 32.3. The Morgan fingerprint density at radius 3 is 2.81 bits per heavy atom. The van der Waals surface area contributed by atoms with Crippen molar-refractivity contribution in [1.29, 1.82) is 0 Å². The molecule has 0 bridgehead atoms. The molecule has 2 aromatic rings. The van der Waals surface area contributed by atoms with Crippen LogP contribution in [0.2, 0.25) is 0 Å². The third-order valence-corrected chi connectivity index (χ3v) is 4.52. The molecule has 1 aliphatic rings. The third kappa shape index (κ3) is 4.28. The average molecular weight is 373 g/mol. The number of aliphatic carboxylic acids is 1. The van der Waals surface area contributed by atoms with E-state index in [2.05, 4.69) is 4.98 Å². The predicted octanol–water partition coefficient (Wildman–Crippen LogP) is 2.05. The van der Waals surface area contributed by atoms with Crippen molar-refractivity contribution in [2.24, 2.45) is 0 Å². The van der Waals surface area contributed by atoms with Crippen molar-refractivity contribution in [3.8, 4) is 5.88 Å². The quantitative estimate of drug-likeness (QED) is 0.828. The molecule has 0 unspecified atom stereocenters. The second-order valence-electron chi connectivity index (χ2n) is 6.23. The van der Waals surface area contributed by atoms with E-state index in [1.54, 1.807) is 35.4 Å². The van der Waals surface area contributed by atoms with Crippen LogP contribution in [-0.2, 0) is 4.79 Å². The van der Waals surface area contributed by atoms with Crippen LogP contribution in [0.5, 0.6) is 5.88 Å². The van der Waals surface area contributed by atoms with Gasteiger partial charge in [-0.05, 0) is 37.6 Å². The van der Waals surface area contributed by atoms with Crippen molar-refractivity contribution in [1.82, 2.24) is 14.8 Å². The number of aromatic nitrogens is 1. The summed E-state index contributed by atoms with van der Waals surface area (Å²) in [5.41, 5.74) is 0.526. The van der Waals surface area contributed by atoms with E-state index in [1.165, 1.54) is 6.26 Å². The van der Waals surface area contributed by atoms with E-state index in [0.717, 1.165) is 0 Å². The van der Waals surface area contributed by atoms with E-state index in [9.17, 15) is 14.7 Å². The van der Waals surface area contributed by atoms with Gasteiger partial charge in [-0.25, -0.2) is 4.98 Å². The van der Waals surface area contributed by atoms with Crippen molar-refractivity contribution in [3.05, 3.63) is 48.0 Å². The molecule has 8 heteroatoms. The minimum absolute atomic E-state index is 0.176. The number of hydrogen-bond donors (Lipinski definition) is 1. The van der Waals surface area contributed by atoms with E-state index < -0.39 is 12.0 Å². The molecule has 8 nitrogen and oxygen atoms in total. The molecule has 2 aromatic heterocycles. The summed E-state index contributed by atoms with van der Waals surface area (Å²) in [5, 5.41) is 9.87.